The van der Waals surface area contributed by atoms with Gasteiger partial charge in [0.25, 0.3) is 0 Å². The molecule has 0 bridgehead atoms. The van der Waals surface area contributed by atoms with E-state index >= 15 is 0 Å². The van der Waals surface area contributed by atoms with Gasteiger partial charge >= 0.3 is 0 Å². The molecule has 19 heavy (non-hydrogen) atoms. The van der Waals surface area contributed by atoms with Crippen LogP contribution in [0.15, 0.2) is 16.7 Å². The van der Waals surface area contributed by atoms with Gasteiger partial charge in [0.1, 0.15) is 17.3 Å². The molecule has 1 unspecified atom stereocenters. The molecule has 0 radical (unpaired) electrons. The first-order chi connectivity index (χ1) is 9.01. The van der Waals surface area contributed by atoms with Crippen LogP contribution in [0.5, 0.6) is 0 Å². The highest BCUT2D eigenvalue weighted by molar-refractivity contribution is 5.48. The summed E-state index contributed by atoms with van der Waals surface area (Å²) >= 11 is 0. The van der Waals surface area contributed by atoms with Crippen molar-refractivity contribution < 1.29 is 4.42 Å². The van der Waals surface area contributed by atoms with E-state index in [0.717, 1.165) is 28.5 Å². The van der Waals surface area contributed by atoms with Crippen LogP contribution in [-0.2, 0) is 0 Å². The maximum atomic E-state index is 5.56. The van der Waals surface area contributed by atoms with Gasteiger partial charge in [-0.15, -0.1) is 0 Å². The molecule has 5 heteroatoms. The second-order valence-electron chi connectivity index (χ2n) is 4.71. The van der Waals surface area contributed by atoms with Crippen LogP contribution in [0, 0.1) is 20.8 Å². The third-order valence-electron chi connectivity index (χ3n) is 3.09. The third kappa shape index (κ3) is 2.86. The lowest BCUT2D eigenvalue weighted by atomic mass is 10.1. The molecule has 0 fully saturated rings. The van der Waals surface area contributed by atoms with Gasteiger partial charge in [0.2, 0.25) is 5.95 Å². The van der Waals surface area contributed by atoms with Gasteiger partial charge in [0.15, 0.2) is 0 Å². The van der Waals surface area contributed by atoms with E-state index in [2.05, 4.69) is 33.6 Å². The zero-order valence-electron chi connectivity index (χ0n) is 12.0. The Morgan fingerprint density at radius 2 is 2.00 bits per heavy atom. The number of hydrogen-bond donors (Lipinski definition) is 2. The monoisotopic (exact) mass is 260 g/mol. The van der Waals surface area contributed by atoms with Crippen molar-refractivity contribution in [1.82, 2.24) is 9.97 Å². The summed E-state index contributed by atoms with van der Waals surface area (Å²) in [5.74, 6) is 3.32. The first-order valence-corrected chi connectivity index (χ1v) is 6.36. The Kier molecular flexibility index (Phi) is 3.74. The number of rotatable bonds is 4. The van der Waals surface area contributed by atoms with Crippen LogP contribution in [0.25, 0.3) is 0 Å². The molecule has 2 N–H and O–H groups in total. The lowest BCUT2D eigenvalue weighted by Gasteiger charge is -2.16. The average Bonchev–Trinajstić information content (AvgIpc) is 2.71. The molecule has 0 aromatic carbocycles. The Bertz CT molecular complexity index is 577. The Hall–Kier alpha value is -2.04. The van der Waals surface area contributed by atoms with Gasteiger partial charge in [-0.1, -0.05) is 0 Å². The molecule has 2 rings (SSSR count). The molecule has 0 aliphatic carbocycles. The molecule has 2 aromatic heterocycles. The summed E-state index contributed by atoms with van der Waals surface area (Å²) in [6, 6.07) is 2.19. The van der Waals surface area contributed by atoms with E-state index in [1.165, 1.54) is 0 Å². The molecule has 1 atom stereocenters. The van der Waals surface area contributed by atoms with Crippen LogP contribution in [0.1, 0.15) is 35.6 Å². The molecular formula is C14H20N4O. The zero-order valence-corrected chi connectivity index (χ0v) is 12.0. The maximum Gasteiger partial charge on any atom is 0.224 e. The van der Waals surface area contributed by atoms with E-state index in [4.69, 9.17) is 4.42 Å². The lowest BCUT2D eigenvalue weighted by Crippen LogP contribution is -2.11. The number of aromatic nitrogens is 2. The molecule has 0 amide bonds. The summed E-state index contributed by atoms with van der Waals surface area (Å²) in [6.45, 7) is 8.02. The van der Waals surface area contributed by atoms with Crippen LogP contribution in [0.3, 0.4) is 0 Å². The van der Waals surface area contributed by atoms with Crippen LogP contribution in [0.2, 0.25) is 0 Å². The maximum absolute atomic E-state index is 5.56. The van der Waals surface area contributed by atoms with Crippen LogP contribution >= 0.6 is 0 Å². The van der Waals surface area contributed by atoms with E-state index in [1.807, 2.05) is 27.8 Å². The van der Waals surface area contributed by atoms with Crippen LogP contribution in [0.4, 0.5) is 11.8 Å². The summed E-state index contributed by atoms with van der Waals surface area (Å²) in [5, 5.41) is 6.35. The van der Waals surface area contributed by atoms with Crippen molar-refractivity contribution in [3.63, 3.8) is 0 Å². The van der Waals surface area contributed by atoms with Crippen molar-refractivity contribution in [3.8, 4) is 0 Å². The van der Waals surface area contributed by atoms with Gasteiger partial charge in [0, 0.05) is 24.4 Å². The summed E-state index contributed by atoms with van der Waals surface area (Å²) in [5.41, 5.74) is 2.17. The second-order valence-corrected chi connectivity index (χ2v) is 4.71. The minimum absolute atomic E-state index is 0.135. The molecule has 102 valence electrons. The normalized spacial score (nSPS) is 12.3. The van der Waals surface area contributed by atoms with Gasteiger partial charge < -0.3 is 15.1 Å². The van der Waals surface area contributed by atoms with Gasteiger partial charge in [-0.05, 0) is 33.8 Å². The highest BCUT2D eigenvalue weighted by atomic mass is 16.3. The smallest absolute Gasteiger partial charge is 0.224 e. The summed E-state index contributed by atoms with van der Waals surface area (Å²) in [7, 11) is 1.81. The Morgan fingerprint density at radius 3 is 2.58 bits per heavy atom. The largest absolute Gasteiger partial charge is 0.466 e. The molecule has 2 aromatic rings. The molecule has 0 aliphatic rings. The zero-order chi connectivity index (χ0) is 14.0. The number of hydrogen-bond acceptors (Lipinski definition) is 5. The van der Waals surface area contributed by atoms with Crippen LogP contribution in [-0.4, -0.2) is 17.0 Å². The SMILES string of the molecule is CNc1ncc(C)c(NC(C)c2cc(C)oc2C)n1. The van der Waals surface area contributed by atoms with Crippen molar-refractivity contribution in [2.75, 3.05) is 17.7 Å². The molecular weight excluding hydrogens is 240 g/mol. The first kappa shape index (κ1) is 13.4. The highest BCUT2D eigenvalue weighted by Gasteiger charge is 2.14. The van der Waals surface area contributed by atoms with Crippen LogP contribution < -0.4 is 10.6 Å². The van der Waals surface area contributed by atoms with E-state index in [9.17, 15) is 0 Å². The minimum atomic E-state index is 0.135. The fourth-order valence-corrected chi connectivity index (χ4v) is 2.07. The number of furan rings is 1. The van der Waals surface area contributed by atoms with Gasteiger partial charge in [-0.25, -0.2) is 4.98 Å². The van der Waals surface area contributed by atoms with Crippen molar-refractivity contribution in [2.45, 2.75) is 33.7 Å². The van der Waals surface area contributed by atoms with Crippen molar-refractivity contribution in [2.24, 2.45) is 0 Å². The van der Waals surface area contributed by atoms with Crippen molar-refractivity contribution in [1.29, 1.82) is 0 Å². The molecule has 5 nitrogen and oxygen atoms in total. The summed E-state index contributed by atoms with van der Waals surface area (Å²) in [4.78, 5) is 8.61. The third-order valence-corrected chi connectivity index (χ3v) is 3.09. The van der Waals surface area contributed by atoms with E-state index in [0.29, 0.717) is 5.95 Å². The average molecular weight is 260 g/mol. The summed E-state index contributed by atoms with van der Waals surface area (Å²) < 4.78 is 5.56. The van der Waals surface area contributed by atoms with E-state index in [1.54, 1.807) is 6.20 Å². The number of nitrogens with one attached hydrogen (secondary N) is 2. The molecule has 0 saturated heterocycles. The molecule has 2 heterocycles. The van der Waals surface area contributed by atoms with Gasteiger partial charge in [-0.2, -0.15) is 4.98 Å². The minimum Gasteiger partial charge on any atom is -0.466 e. The second kappa shape index (κ2) is 5.30. The number of anilines is 2. The Balaban J connectivity index is 2.23. The van der Waals surface area contributed by atoms with E-state index < -0.39 is 0 Å². The van der Waals surface area contributed by atoms with E-state index in [-0.39, 0.29) is 6.04 Å². The fraction of sp³-hybridized carbons (Fsp3) is 0.429. The topological polar surface area (TPSA) is 63.0 Å². The quantitative estimate of drug-likeness (QED) is 0.883. The molecule has 0 saturated carbocycles. The Morgan fingerprint density at radius 1 is 1.26 bits per heavy atom. The predicted molar refractivity (Wildman–Crippen MR) is 76.5 cm³/mol. The molecule has 0 spiro atoms. The number of aryl methyl sites for hydroxylation is 3. The highest BCUT2D eigenvalue weighted by Crippen LogP contribution is 2.25. The summed E-state index contributed by atoms with van der Waals surface area (Å²) in [6.07, 6.45) is 1.81. The van der Waals surface area contributed by atoms with Gasteiger partial charge in [-0.3, -0.25) is 0 Å². The molecule has 0 aliphatic heterocycles. The fourth-order valence-electron chi connectivity index (χ4n) is 2.07. The Labute approximate surface area is 113 Å². The standard InChI is InChI=1S/C14H20N4O/c1-8-7-16-14(15-5)18-13(8)17-10(3)12-6-9(2)19-11(12)4/h6-7,10H,1-5H3,(H2,15,16,17,18). The van der Waals surface area contributed by atoms with Crippen molar-refractivity contribution in [3.05, 3.63) is 34.9 Å². The van der Waals surface area contributed by atoms with Gasteiger partial charge in [0.05, 0.1) is 6.04 Å². The number of nitrogens with zero attached hydrogens (tertiary/aromatic N) is 2. The van der Waals surface area contributed by atoms with Crippen molar-refractivity contribution >= 4 is 11.8 Å². The first-order valence-electron chi connectivity index (χ1n) is 6.36. The predicted octanol–water partition coefficient (Wildman–Crippen LogP) is 3.21. The lowest BCUT2D eigenvalue weighted by molar-refractivity contribution is 0.499.